The Kier molecular flexibility index (Phi) is 4.40. The number of hydrogen-bond acceptors (Lipinski definition) is 5. The minimum Gasteiger partial charge on any atom is -0.271 e. The first-order valence-corrected chi connectivity index (χ1v) is 6.49. The van der Waals surface area contributed by atoms with Crippen molar-refractivity contribution >= 4 is 15.9 Å². The van der Waals surface area contributed by atoms with E-state index in [0.29, 0.717) is 0 Å². The van der Waals surface area contributed by atoms with Crippen LogP contribution in [0.25, 0.3) is 0 Å². The zero-order valence-corrected chi connectivity index (χ0v) is 11.6. The van der Waals surface area contributed by atoms with Crippen LogP contribution in [0.1, 0.15) is 30.6 Å². The molecule has 1 atom stereocenters. The zero-order chi connectivity index (χ0) is 13.0. The fourth-order valence-electron chi connectivity index (χ4n) is 1.84. The van der Waals surface area contributed by atoms with E-state index in [1.54, 1.807) is 18.6 Å². The standard InChI is InChI=1S/C11H15BrN6/c1-2-3-18-11(9(12)6-16-18)10(17-13)8-4-14-7-15-5-8/h4-7,10,17H,2-3,13H2,1H3. The number of hydrazine groups is 1. The van der Waals surface area contributed by atoms with E-state index in [-0.39, 0.29) is 6.04 Å². The highest BCUT2D eigenvalue weighted by atomic mass is 79.9. The molecule has 0 saturated carbocycles. The summed E-state index contributed by atoms with van der Waals surface area (Å²) in [5, 5.41) is 4.33. The summed E-state index contributed by atoms with van der Waals surface area (Å²) in [5.41, 5.74) is 4.67. The molecule has 2 aromatic rings. The molecule has 0 aliphatic carbocycles. The van der Waals surface area contributed by atoms with Gasteiger partial charge in [0, 0.05) is 24.5 Å². The zero-order valence-electron chi connectivity index (χ0n) is 10.0. The number of hydrogen-bond donors (Lipinski definition) is 2. The molecule has 6 nitrogen and oxygen atoms in total. The van der Waals surface area contributed by atoms with Gasteiger partial charge < -0.3 is 0 Å². The monoisotopic (exact) mass is 310 g/mol. The highest BCUT2D eigenvalue weighted by Crippen LogP contribution is 2.27. The summed E-state index contributed by atoms with van der Waals surface area (Å²) in [6, 6.07) is -0.186. The first-order chi connectivity index (χ1) is 8.77. The van der Waals surface area contributed by atoms with Gasteiger partial charge in [0.2, 0.25) is 0 Å². The Balaban J connectivity index is 2.41. The molecule has 0 amide bonds. The van der Waals surface area contributed by atoms with Gasteiger partial charge in [-0.05, 0) is 22.4 Å². The highest BCUT2D eigenvalue weighted by molar-refractivity contribution is 9.10. The lowest BCUT2D eigenvalue weighted by molar-refractivity contribution is 0.518. The van der Waals surface area contributed by atoms with Crippen LogP contribution in [-0.2, 0) is 6.54 Å². The molecule has 0 aromatic carbocycles. The normalized spacial score (nSPS) is 12.6. The Morgan fingerprint density at radius 1 is 1.39 bits per heavy atom. The van der Waals surface area contributed by atoms with Crippen molar-refractivity contribution in [2.45, 2.75) is 25.9 Å². The number of nitrogens with two attached hydrogens (primary N) is 1. The summed E-state index contributed by atoms with van der Waals surface area (Å²) < 4.78 is 2.85. The molecule has 1 unspecified atom stereocenters. The average molecular weight is 311 g/mol. The van der Waals surface area contributed by atoms with E-state index in [1.807, 2.05) is 4.68 Å². The summed E-state index contributed by atoms with van der Waals surface area (Å²) >= 11 is 3.51. The predicted octanol–water partition coefficient (Wildman–Crippen LogP) is 1.40. The second-order valence-electron chi connectivity index (χ2n) is 3.87. The molecule has 0 spiro atoms. The Hall–Kier alpha value is -1.31. The van der Waals surface area contributed by atoms with E-state index >= 15 is 0 Å². The molecule has 0 radical (unpaired) electrons. The van der Waals surface area contributed by atoms with Crippen molar-refractivity contribution in [3.63, 3.8) is 0 Å². The van der Waals surface area contributed by atoms with Gasteiger partial charge in [-0.25, -0.2) is 15.4 Å². The first kappa shape index (κ1) is 13.1. The maximum Gasteiger partial charge on any atom is 0.115 e. The smallest absolute Gasteiger partial charge is 0.115 e. The summed E-state index contributed by atoms with van der Waals surface area (Å²) in [6.45, 7) is 2.95. The Morgan fingerprint density at radius 2 is 2.11 bits per heavy atom. The quantitative estimate of drug-likeness (QED) is 0.644. The van der Waals surface area contributed by atoms with Crippen molar-refractivity contribution < 1.29 is 0 Å². The van der Waals surface area contributed by atoms with E-state index in [4.69, 9.17) is 5.84 Å². The minimum atomic E-state index is -0.186. The van der Waals surface area contributed by atoms with Gasteiger partial charge >= 0.3 is 0 Å². The molecule has 2 aromatic heterocycles. The summed E-state index contributed by atoms with van der Waals surface area (Å²) in [6.07, 6.45) is 7.76. The molecular weight excluding hydrogens is 296 g/mol. The SMILES string of the molecule is CCCn1ncc(Br)c1C(NN)c1cncnc1. The molecule has 96 valence electrons. The van der Waals surface area contributed by atoms with Crippen LogP contribution in [-0.4, -0.2) is 19.7 Å². The largest absolute Gasteiger partial charge is 0.271 e. The maximum atomic E-state index is 5.66. The Bertz CT molecular complexity index is 497. The molecule has 0 saturated heterocycles. The van der Waals surface area contributed by atoms with Gasteiger partial charge in [-0.2, -0.15) is 5.10 Å². The van der Waals surface area contributed by atoms with Gasteiger partial charge in [-0.3, -0.25) is 10.5 Å². The van der Waals surface area contributed by atoms with Crippen LogP contribution in [0.4, 0.5) is 0 Å². The molecule has 2 heterocycles. The second kappa shape index (κ2) is 6.03. The lowest BCUT2D eigenvalue weighted by atomic mass is 10.1. The molecular formula is C11H15BrN6. The molecule has 0 aliphatic rings. The van der Waals surface area contributed by atoms with Crippen molar-refractivity contribution in [3.8, 4) is 0 Å². The van der Waals surface area contributed by atoms with Gasteiger partial charge in [-0.1, -0.05) is 6.92 Å². The number of aromatic nitrogens is 4. The second-order valence-corrected chi connectivity index (χ2v) is 4.73. The molecule has 3 N–H and O–H groups in total. The third-order valence-corrected chi connectivity index (χ3v) is 3.23. The van der Waals surface area contributed by atoms with Crippen LogP contribution >= 0.6 is 15.9 Å². The minimum absolute atomic E-state index is 0.186. The van der Waals surface area contributed by atoms with Gasteiger partial charge in [0.1, 0.15) is 6.33 Å². The lowest BCUT2D eigenvalue weighted by Crippen LogP contribution is -2.31. The van der Waals surface area contributed by atoms with Crippen LogP contribution in [0.15, 0.2) is 29.4 Å². The van der Waals surface area contributed by atoms with Crippen LogP contribution in [0.3, 0.4) is 0 Å². The number of rotatable bonds is 5. The number of aryl methyl sites for hydroxylation is 1. The highest BCUT2D eigenvalue weighted by Gasteiger charge is 2.21. The topological polar surface area (TPSA) is 81.7 Å². The Labute approximate surface area is 114 Å². The fourth-order valence-corrected chi connectivity index (χ4v) is 2.37. The van der Waals surface area contributed by atoms with Gasteiger partial charge in [-0.15, -0.1) is 0 Å². The molecule has 0 fully saturated rings. The van der Waals surface area contributed by atoms with Gasteiger partial charge in [0.05, 0.1) is 22.4 Å². The summed E-state index contributed by atoms with van der Waals surface area (Å²) in [4.78, 5) is 8.03. The number of nitrogens with zero attached hydrogens (tertiary/aromatic N) is 4. The lowest BCUT2D eigenvalue weighted by Gasteiger charge is -2.18. The fraction of sp³-hybridized carbons (Fsp3) is 0.364. The van der Waals surface area contributed by atoms with E-state index in [0.717, 1.165) is 28.7 Å². The third kappa shape index (κ3) is 2.58. The average Bonchev–Trinajstić information content (AvgIpc) is 2.75. The van der Waals surface area contributed by atoms with E-state index < -0.39 is 0 Å². The van der Waals surface area contributed by atoms with E-state index in [2.05, 4.69) is 43.3 Å². The van der Waals surface area contributed by atoms with E-state index in [9.17, 15) is 0 Å². The van der Waals surface area contributed by atoms with Crippen LogP contribution < -0.4 is 11.3 Å². The molecule has 2 rings (SSSR count). The van der Waals surface area contributed by atoms with Crippen molar-refractivity contribution in [2.75, 3.05) is 0 Å². The first-order valence-electron chi connectivity index (χ1n) is 5.70. The molecule has 0 aliphatic heterocycles. The number of halogens is 1. The van der Waals surface area contributed by atoms with Crippen molar-refractivity contribution in [1.29, 1.82) is 0 Å². The van der Waals surface area contributed by atoms with Crippen molar-refractivity contribution in [2.24, 2.45) is 5.84 Å². The summed E-state index contributed by atoms with van der Waals surface area (Å²) in [7, 11) is 0. The van der Waals surface area contributed by atoms with E-state index in [1.165, 1.54) is 6.33 Å². The van der Waals surface area contributed by atoms with Crippen molar-refractivity contribution in [3.05, 3.63) is 40.6 Å². The maximum absolute atomic E-state index is 5.66. The van der Waals surface area contributed by atoms with Crippen LogP contribution in [0, 0.1) is 0 Å². The molecule has 0 bridgehead atoms. The van der Waals surface area contributed by atoms with Gasteiger partial charge in [0.25, 0.3) is 0 Å². The number of nitrogens with one attached hydrogen (secondary N) is 1. The molecule has 18 heavy (non-hydrogen) atoms. The molecule has 7 heteroatoms. The van der Waals surface area contributed by atoms with Crippen molar-refractivity contribution in [1.82, 2.24) is 25.2 Å². The Morgan fingerprint density at radius 3 is 2.72 bits per heavy atom. The predicted molar refractivity (Wildman–Crippen MR) is 71.4 cm³/mol. The summed E-state index contributed by atoms with van der Waals surface area (Å²) in [5.74, 6) is 5.66. The van der Waals surface area contributed by atoms with Crippen LogP contribution in [0.2, 0.25) is 0 Å². The third-order valence-electron chi connectivity index (χ3n) is 2.62. The van der Waals surface area contributed by atoms with Gasteiger partial charge in [0.15, 0.2) is 0 Å². The van der Waals surface area contributed by atoms with Crippen LogP contribution in [0.5, 0.6) is 0 Å².